The first kappa shape index (κ1) is 16.5. The molecule has 0 saturated carbocycles. The first-order chi connectivity index (χ1) is 10.6. The maximum atomic E-state index is 11.4. The smallest absolute Gasteiger partial charge is 0.311 e. The van der Waals surface area contributed by atoms with Gasteiger partial charge in [-0.25, -0.2) is 4.98 Å². The van der Waals surface area contributed by atoms with Crippen molar-refractivity contribution in [3.8, 4) is 0 Å². The number of benzene rings is 1. The Balaban J connectivity index is 1.93. The summed E-state index contributed by atoms with van der Waals surface area (Å²) in [6.45, 7) is 4.12. The van der Waals surface area contributed by atoms with Crippen molar-refractivity contribution >= 4 is 40.3 Å². The molecule has 0 radical (unpaired) electrons. The number of esters is 1. The summed E-state index contributed by atoms with van der Waals surface area (Å²) in [5.41, 5.74) is 5.54. The average Bonchev–Trinajstić information content (AvgIpc) is 2.89. The van der Waals surface area contributed by atoms with Crippen LogP contribution in [0.1, 0.15) is 23.7 Å². The molecule has 5 nitrogen and oxygen atoms in total. The molecule has 0 aliphatic carbocycles. The highest BCUT2D eigenvalue weighted by molar-refractivity contribution is 7.13. The van der Waals surface area contributed by atoms with Crippen LogP contribution in [0.15, 0.2) is 28.7 Å². The summed E-state index contributed by atoms with van der Waals surface area (Å²) in [5.74, 6) is -0.278. The van der Waals surface area contributed by atoms with Gasteiger partial charge in [-0.2, -0.15) is 5.10 Å². The maximum absolute atomic E-state index is 11.4. The van der Waals surface area contributed by atoms with E-state index in [4.69, 9.17) is 16.3 Å². The van der Waals surface area contributed by atoms with Gasteiger partial charge in [0, 0.05) is 10.4 Å². The molecule has 1 aromatic heterocycles. The number of rotatable bonds is 6. The van der Waals surface area contributed by atoms with E-state index >= 15 is 0 Å². The average molecular weight is 338 g/mol. The van der Waals surface area contributed by atoms with Gasteiger partial charge in [0.25, 0.3) is 0 Å². The van der Waals surface area contributed by atoms with Crippen LogP contribution in [-0.4, -0.2) is 23.8 Å². The number of carbonyl (C=O) groups is 1. The molecule has 2 aromatic rings. The lowest BCUT2D eigenvalue weighted by atomic mass is 10.1. The lowest BCUT2D eigenvalue weighted by Crippen LogP contribution is -2.07. The topological polar surface area (TPSA) is 63.6 Å². The van der Waals surface area contributed by atoms with Crippen LogP contribution in [0.3, 0.4) is 0 Å². The third kappa shape index (κ3) is 4.82. The Morgan fingerprint density at radius 3 is 3.09 bits per heavy atom. The van der Waals surface area contributed by atoms with E-state index in [9.17, 15) is 4.79 Å². The lowest BCUT2D eigenvalue weighted by molar-refractivity contribution is -0.142. The standard InChI is InChI=1S/C15H16ClN3O2S/c1-3-21-14(20)7-13-9-22-15(18-13)19-17-8-11-4-5-12(16)6-10(11)2/h4-6,8-9H,3,7H2,1-2H3,(H,18,19). The van der Waals surface area contributed by atoms with E-state index in [0.717, 1.165) is 11.1 Å². The summed E-state index contributed by atoms with van der Waals surface area (Å²) in [6.07, 6.45) is 1.88. The molecule has 22 heavy (non-hydrogen) atoms. The Morgan fingerprint density at radius 1 is 1.55 bits per heavy atom. The second kappa shape index (κ2) is 7.91. The second-order valence-corrected chi connectivity index (χ2v) is 5.79. The molecule has 0 atom stereocenters. The van der Waals surface area contributed by atoms with Gasteiger partial charge in [-0.15, -0.1) is 11.3 Å². The molecule has 0 unspecified atom stereocenters. The molecule has 0 spiro atoms. The Hall–Kier alpha value is -1.92. The number of aryl methyl sites for hydroxylation is 1. The number of anilines is 1. The molecule has 1 heterocycles. The Kier molecular flexibility index (Phi) is 5.91. The van der Waals surface area contributed by atoms with Crippen molar-refractivity contribution < 1.29 is 9.53 Å². The van der Waals surface area contributed by atoms with Crippen LogP contribution < -0.4 is 5.43 Å². The monoisotopic (exact) mass is 337 g/mol. The van der Waals surface area contributed by atoms with E-state index in [1.165, 1.54) is 11.3 Å². The molecule has 1 N–H and O–H groups in total. The second-order valence-electron chi connectivity index (χ2n) is 4.50. The minimum atomic E-state index is -0.278. The number of nitrogens with one attached hydrogen (secondary N) is 1. The van der Waals surface area contributed by atoms with Crippen molar-refractivity contribution in [2.45, 2.75) is 20.3 Å². The van der Waals surface area contributed by atoms with Gasteiger partial charge in [0.05, 0.1) is 24.9 Å². The molecule has 0 bridgehead atoms. The molecule has 0 fully saturated rings. The maximum Gasteiger partial charge on any atom is 0.311 e. The van der Waals surface area contributed by atoms with Gasteiger partial charge in [-0.05, 0) is 37.1 Å². The molecule has 0 aliphatic rings. The number of nitrogens with zero attached hydrogens (tertiary/aromatic N) is 2. The lowest BCUT2D eigenvalue weighted by Gasteiger charge is -2.00. The molecule has 0 saturated heterocycles. The number of ether oxygens (including phenoxy) is 1. The van der Waals surface area contributed by atoms with Gasteiger partial charge in [0.2, 0.25) is 5.13 Å². The van der Waals surface area contributed by atoms with Crippen LogP contribution in [0.5, 0.6) is 0 Å². The Bertz CT molecular complexity index is 685. The SMILES string of the molecule is CCOC(=O)Cc1csc(NN=Cc2ccc(Cl)cc2C)n1. The van der Waals surface area contributed by atoms with Crippen molar-refractivity contribution in [1.82, 2.24) is 4.98 Å². The van der Waals surface area contributed by atoms with E-state index in [1.54, 1.807) is 13.1 Å². The number of hydrogen-bond donors (Lipinski definition) is 1. The van der Waals surface area contributed by atoms with E-state index in [-0.39, 0.29) is 12.4 Å². The van der Waals surface area contributed by atoms with Crippen LogP contribution in [0.2, 0.25) is 5.02 Å². The fourth-order valence-corrected chi connectivity index (χ4v) is 2.63. The zero-order chi connectivity index (χ0) is 15.9. The molecular formula is C15H16ClN3O2S. The fourth-order valence-electron chi connectivity index (χ4n) is 1.74. The highest BCUT2D eigenvalue weighted by atomic mass is 35.5. The minimum absolute atomic E-state index is 0.173. The zero-order valence-corrected chi connectivity index (χ0v) is 13.9. The molecule has 0 amide bonds. The number of hydrogen-bond acceptors (Lipinski definition) is 6. The number of hydrazone groups is 1. The van der Waals surface area contributed by atoms with E-state index in [1.807, 2.05) is 30.5 Å². The summed E-state index contributed by atoms with van der Waals surface area (Å²) in [5, 5.41) is 7.28. The van der Waals surface area contributed by atoms with Crippen LogP contribution in [0, 0.1) is 6.92 Å². The first-order valence-corrected chi connectivity index (χ1v) is 7.99. The largest absolute Gasteiger partial charge is 0.466 e. The van der Waals surface area contributed by atoms with Crippen molar-refractivity contribution in [3.05, 3.63) is 45.4 Å². The van der Waals surface area contributed by atoms with E-state index in [2.05, 4.69) is 15.5 Å². The number of halogens is 1. The summed E-state index contributed by atoms with van der Waals surface area (Å²) in [4.78, 5) is 15.6. The summed E-state index contributed by atoms with van der Waals surface area (Å²) < 4.78 is 4.88. The van der Waals surface area contributed by atoms with Crippen molar-refractivity contribution in [1.29, 1.82) is 0 Å². The predicted octanol–water partition coefficient (Wildman–Crippen LogP) is 3.66. The first-order valence-electron chi connectivity index (χ1n) is 6.73. The van der Waals surface area contributed by atoms with E-state index in [0.29, 0.717) is 22.5 Å². The number of carbonyl (C=O) groups excluding carboxylic acids is 1. The van der Waals surface area contributed by atoms with Crippen molar-refractivity contribution in [3.63, 3.8) is 0 Å². The zero-order valence-electron chi connectivity index (χ0n) is 12.3. The number of aromatic nitrogens is 1. The van der Waals surface area contributed by atoms with Gasteiger partial charge in [0.15, 0.2) is 0 Å². The van der Waals surface area contributed by atoms with Gasteiger partial charge in [-0.3, -0.25) is 10.2 Å². The third-order valence-corrected chi connectivity index (χ3v) is 3.81. The van der Waals surface area contributed by atoms with Crippen LogP contribution >= 0.6 is 22.9 Å². The van der Waals surface area contributed by atoms with Crippen molar-refractivity contribution in [2.75, 3.05) is 12.0 Å². The van der Waals surface area contributed by atoms with Gasteiger partial charge in [-0.1, -0.05) is 17.7 Å². The quantitative estimate of drug-likeness (QED) is 0.496. The Morgan fingerprint density at radius 2 is 2.36 bits per heavy atom. The molecule has 7 heteroatoms. The normalized spacial score (nSPS) is 10.9. The highest BCUT2D eigenvalue weighted by Crippen LogP contribution is 2.17. The molecule has 116 valence electrons. The van der Waals surface area contributed by atoms with Crippen LogP contribution in [0.25, 0.3) is 0 Å². The highest BCUT2D eigenvalue weighted by Gasteiger charge is 2.07. The summed E-state index contributed by atoms with van der Waals surface area (Å²) in [6, 6.07) is 5.59. The van der Waals surface area contributed by atoms with Gasteiger partial charge >= 0.3 is 5.97 Å². The van der Waals surface area contributed by atoms with E-state index < -0.39 is 0 Å². The number of thiazole rings is 1. The molecule has 2 rings (SSSR count). The van der Waals surface area contributed by atoms with Crippen molar-refractivity contribution in [2.24, 2.45) is 5.10 Å². The summed E-state index contributed by atoms with van der Waals surface area (Å²) >= 11 is 7.29. The van der Waals surface area contributed by atoms with Crippen LogP contribution in [0.4, 0.5) is 5.13 Å². The predicted molar refractivity (Wildman–Crippen MR) is 89.9 cm³/mol. The molecular weight excluding hydrogens is 322 g/mol. The van der Waals surface area contributed by atoms with Gasteiger partial charge in [0.1, 0.15) is 0 Å². The molecule has 0 aliphatic heterocycles. The fraction of sp³-hybridized carbons (Fsp3) is 0.267. The third-order valence-electron chi connectivity index (χ3n) is 2.78. The Labute approximate surface area is 138 Å². The molecule has 1 aromatic carbocycles. The summed E-state index contributed by atoms with van der Waals surface area (Å²) in [7, 11) is 0. The minimum Gasteiger partial charge on any atom is -0.466 e. The van der Waals surface area contributed by atoms with Crippen LogP contribution in [-0.2, 0) is 16.0 Å². The van der Waals surface area contributed by atoms with Gasteiger partial charge < -0.3 is 4.74 Å².